The quantitative estimate of drug-likeness (QED) is 0.606. The van der Waals surface area contributed by atoms with Crippen LogP contribution in [0.1, 0.15) is 30.5 Å². The largest absolute Gasteiger partial charge is 0.490 e. The Morgan fingerprint density at radius 2 is 2.00 bits per heavy atom. The molecule has 6 nitrogen and oxygen atoms in total. The van der Waals surface area contributed by atoms with Crippen molar-refractivity contribution in [1.29, 1.82) is 0 Å². The average Bonchev–Trinajstić information content (AvgIpc) is 2.67. The Bertz CT molecular complexity index is 1140. The van der Waals surface area contributed by atoms with E-state index in [1.165, 1.54) is 25.4 Å². The van der Waals surface area contributed by atoms with E-state index in [4.69, 9.17) is 16.3 Å². The van der Waals surface area contributed by atoms with Crippen LogP contribution >= 0.6 is 11.6 Å². The van der Waals surface area contributed by atoms with Gasteiger partial charge < -0.3 is 19.7 Å². The van der Waals surface area contributed by atoms with Gasteiger partial charge in [-0.15, -0.1) is 0 Å². The molecule has 0 fully saturated rings. The first-order valence-electron chi connectivity index (χ1n) is 9.28. The van der Waals surface area contributed by atoms with Gasteiger partial charge in [0.2, 0.25) is 11.7 Å². The molecule has 0 spiro atoms. The summed E-state index contributed by atoms with van der Waals surface area (Å²) in [5.74, 6) is -0.151. The number of anilines is 2. The van der Waals surface area contributed by atoms with Crippen molar-refractivity contribution >= 4 is 23.2 Å². The van der Waals surface area contributed by atoms with E-state index in [-0.39, 0.29) is 23.3 Å². The van der Waals surface area contributed by atoms with E-state index in [1.807, 2.05) is 25.1 Å². The predicted molar refractivity (Wildman–Crippen MR) is 115 cm³/mol. The number of methoxy groups -OCH3 is 1. The number of hydrogen-bond acceptors (Lipinski definition) is 5. The Morgan fingerprint density at radius 1 is 1.27 bits per heavy atom. The van der Waals surface area contributed by atoms with Crippen LogP contribution in [-0.2, 0) is 12.1 Å². The van der Waals surface area contributed by atoms with Gasteiger partial charge >= 0.3 is 5.56 Å². The van der Waals surface area contributed by atoms with E-state index in [1.54, 1.807) is 24.5 Å². The molecule has 1 heterocycles. The number of nitrogens with one attached hydrogen (secondary N) is 1. The Hall–Kier alpha value is -2.90. The lowest BCUT2D eigenvalue weighted by Gasteiger charge is -2.21. The number of rotatable bonds is 6. The third kappa shape index (κ3) is 4.80. The number of aliphatic hydroxyl groups is 1. The molecule has 2 N–H and O–H groups in total. The molecule has 158 valence electrons. The third-order valence-electron chi connectivity index (χ3n) is 4.71. The average molecular weight is 432 g/mol. The Kier molecular flexibility index (Phi) is 6.14. The first-order chi connectivity index (χ1) is 14.1. The van der Waals surface area contributed by atoms with Crippen molar-refractivity contribution in [3.63, 3.8) is 0 Å². The zero-order valence-corrected chi connectivity index (χ0v) is 17.9. The highest BCUT2D eigenvalue weighted by atomic mass is 35.5. The summed E-state index contributed by atoms with van der Waals surface area (Å²) in [5.41, 5.74) is 1.48. The van der Waals surface area contributed by atoms with E-state index in [0.717, 1.165) is 11.1 Å². The molecule has 0 aliphatic heterocycles. The van der Waals surface area contributed by atoms with Gasteiger partial charge in [-0.2, -0.15) is 4.98 Å². The van der Waals surface area contributed by atoms with E-state index in [9.17, 15) is 14.3 Å². The van der Waals surface area contributed by atoms with Crippen LogP contribution in [0, 0.1) is 12.7 Å². The molecule has 2 aromatic carbocycles. The number of ether oxygens (including phenoxy) is 1. The molecule has 0 saturated heterocycles. The molecule has 0 bridgehead atoms. The fraction of sp³-hybridized carbons (Fsp3) is 0.273. The van der Waals surface area contributed by atoms with Gasteiger partial charge in [-0.05, 0) is 55.7 Å². The zero-order chi connectivity index (χ0) is 22.1. The van der Waals surface area contributed by atoms with Gasteiger partial charge in [-0.25, -0.2) is 4.39 Å². The van der Waals surface area contributed by atoms with Crippen molar-refractivity contribution in [2.75, 3.05) is 12.4 Å². The maximum absolute atomic E-state index is 13.5. The second-order valence-corrected chi connectivity index (χ2v) is 7.94. The predicted octanol–water partition coefficient (Wildman–Crippen LogP) is 4.37. The zero-order valence-electron chi connectivity index (χ0n) is 17.2. The Labute approximate surface area is 178 Å². The van der Waals surface area contributed by atoms with Crippen LogP contribution in [0.2, 0.25) is 5.02 Å². The highest BCUT2D eigenvalue weighted by Gasteiger charge is 2.18. The molecule has 1 aromatic heterocycles. The maximum atomic E-state index is 13.5. The number of halogens is 2. The summed E-state index contributed by atoms with van der Waals surface area (Å²) < 4.78 is 20.3. The minimum atomic E-state index is -1.03. The van der Waals surface area contributed by atoms with Gasteiger partial charge in [-0.3, -0.25) is 4.79 Å². The minimum Gasteiger partial charge on any atom is -0.490 e. The van der Waals surface area contributed by atoms with Crippen LogP contribution < -0.4 is 15.6 Å². The lowest BCUT2D eigenvalue weighted by atomic mass is 9.96. The molecule has 30 heavy (non-hydrogen) atoms. The third-order valence-corrected chi connectivity index (χ3v) is 5.00. The second-order valence-electron chi connectivity index (χ2n) is 7.53. The van der Waals surface area contributed by atoms with Crippen LogP contribution in [0.4, 0.5) is 16.0 Å². The lowest BCUT2D eigenvalue weighted by Crippen LogP contribution is -2.19. The first-order valence-corrected chi connectivity index (χ1v) is 9.66. The van der Waals surface area contributed by atoms with Crippen LogP contribution in [-0.4, -0.2) is 21.8 Å². The second kappa shape index (κ2) is 8.45. The van der Waals surface area contributed by atoms with Crippen LogP contribution in [0.15, 0.2) is 47.4 Å². The van der Waals surface area contributed by atoms with E-state index in [0.29, 0.717) is 11.3 Å². The summed E-state index contributed by atoms with van der Waals surface area (Å²) in [4.78, 5) is 16.4. The van der Waals surface area contributed by atoms with Gasteiger partial charge in [-0.1, -0.05) is 29.8 Å². The summed E-state index contributed by atoms with van der Waals surface area (Å²) in [6.45, 7) is 5.57. The van der Waals surface area contributed by atoms with Gasteiger partial charge in [0.1, 0.15) is 5.82 Å². The molecule has 8 heteroatoms. The number of aromatic nitrogens is 2. The summed E-state index contributed by atoms with van der Waals surface area (Å²) in [7, 11) is 1.39. The highest BCUT2D eigenvalue weighted by molar-refractivity contribution is 6.30. The summed E-state index contributed by atoms with van der Waals surface area (Å²) in [6.07, 6.45) is 1.53. The molecule has 0 amide bonds. The Morgan fingerprint density at radius 3 is 2.63 bits per heavy atom. The highest BCUT2D eigenvalue weighted by Crippen LogP contribution is 2.27. The molecular weight excluding hydrogens is 409 g/mol. The number of hydrogen-bond donors (Lipinski definition) is 2. The molecule has 0 radical (unpaired) electrons. The fourth-order valence-corrected chi connectivity index (χ4v) is 3.13. The minimum absolute atomic E-state index is 0.0108. The van der Waals surface area contributed by atoms with E-state index >= 15 is 0 Å². The van der Waals surface area contributed by atoms with Crippen molar-refractivity contribution < 1.29 is 14.2 Å². The maximum Gasteiger partial charge on any atom is 0.316 e. The van der Waals surface area contributed by atoms with Gasteiger partial charge in [0.15, 0.2) is 0 Å². The van der Waals surface area contributed by atoms with Crippen molar-refractivity contribution in [3.8, 4) is 5.75 Å². The fourth-order valence-electron chi connectivity index (χ4n) is 2.93. The smallest absolute Gasteiger partial charge is 0.316 e. The molecule has 0 atom stereocenters. The lowest BCUT2D eigenvalue weighted by molar-refractivity contribution is 0.0786. The van der Waals surface area contributed by atoms with Crippen LogP contribution in [0.5, 0.6) is 5.75 Å². The summed E-state index contributed by atoms with van der Waals surface area (Å²) >= 11 is 5.90. The normalized spacial score (nSPS) is 11.4. The van der Waals surface area contributed by atoms with Gasteiger partial charge in [0.05, 0.1) is 30.5 Å². The first kappa shape index (κ1) is 21.8. The SMILES string of the molecule is COc1cn(Cc2ccc(F)c(Cl)c2)c(Nc2cc(C(C)(C)O)ccc2C)nc1=O. The van der Waals surface area contributed by atoms with Gasteiger partial charge in [0, 0.05) is 5.69 Å². The topological polar surface area (TPSA) is 76.4 Å². The molecule has 0 aliphatic rings. The van der Waals surface area contributed by atoms with Crippen molar-refractivity contribution in [3.05, 3.63) is 80.5 Å². The van der Waals surface area contributed by atoms with Gasteiger partial charge in [0.25, 0.3) is 0 Å². The molecular formula is C22H23ClFN3O3. The molecule has 3 rings (SSSR count). The monoisotopic (exact) mass is 431 g/mol. The van der Waals surface area contributed by atoms with Crippen LogP contribution in [0.3, 0.4) is 0 Å². The van der Waals surface area contributed by atoms with E-state index in [2.05, 4.69) is 10.3 Å². The molecule has 3 aromatic rings. The van der Waals surface area contributed by atoms with Crippen LogP contribution in [0.25, 0.3) is 0 Å². The molecule has 0 unspecified atom stereocenters. The Balaban J connectivity index is 2.05. The summed E-state index contributed by atoms with van der Waals surface area (Å²) in [5, 5.41) is 13.5. The number of nitrogens with zero attached hydrogens (tertiary/aromatic N) is 2. The standard InChI is InChI=1S/C22H23ClFN3O3/c1-13-5-7-15(22(2,3)29)10-18(13)25-21-26-20(28)19(30-4)12-27(21)11-14-6-8-17(24)16(23)9-14/h5-10,12,29H,11H2,1-4H3,(H,25,26,28). The van der Waals surface area contributed by atoms with Crippen molar-refractivity contribution in [2.45, 2.75) is 32.9 Å². The van der Waals surface area contributed by atoms with Crippen molar-refractivity contribution in [2.24, 2.45) is 0 Å². The number of benzene rings is 2. The van der Waals surface area contributed by atoms with E-state index < -0.39 is 17.0 Å². The number of aryl methyl sites for hydroxylation is 1. The molecule has 0 aliphatic carbocycles. The summed E-state index contributed by atoms with van der Waals surface area (Å²) in [6, 6.07) is 9.94. The van der Waals surface area contributed by atoms with Crippen molar-refractivity contribution in [1.82, 2.24) is 9.55 Å². The molecule has 0 saturated carbocycles.